The van der Waals surface area contributed by atoms with Crippen LogP contribution in [0.3, 0.4) is 0 Å². The van der Waals surface area contributed by atoms with E-state index in [1.807, 2.05) is 0 Å². The maximum absolute atomic E-state index is 14.9. The van der Waals surface area contributed by atoms with Crippen molar-refractivity contribution in [3.05, 3.63) is 59.7 Å². The van der Waals surface area contributed by atoms with E-state index >= 15 is 0 Å². The van der Waals surface area contributed by atoms with Crippen molar-refractivity contribution in [1.29, 1.82) is 0 Å². The van der Waals surface area contributed by atoms with Crippen LogP contribution in [0.1, 0.15) is 151 Å². The molecule has 3 rings (SSSR count). The lowest BCUT2D eigenvalue weighted by Gasteiger charge is -2.33. The maximum Gasteiger partial charge on any atom is 0.326 e. The number of benzene rings is 2. The summed E-state index contributed by atoms with van der Waals surface area (Å²) in [4.78, 5) is 244. The lowest BCUT2D eigenvalue weighted by molar-refractivity contribution is -0.142. The van der Waals surface area contributed by atoms with Crippen molar-refractivity contribution in [2.75, 3.05) is 51.6 Å². The molecule has 0 unspecified atom stereocenters. The summed E-state index contributed by atoms with van der Waals surface area (Å²) in [5.74, 6) is -20.7. The van der Waals surface area contributed by atoms with E-state index < -0.39 is 251 Å². The third kappa shape index (κ3) is 37.5. The van der Waals surface area contributed by atoms with Gasteiger partial charge in [0, 0.05) is 42.9 Å². The van der Waals surface area contributed by atoms with E-state index in [0.717, 1.165) is 0 Å². The molecule has 0 aromatic heterocycles. The van der Waals surface area contributed by atoms with E-state index in [0.29, 0.717) is 17.5 Å². The average molecular weight is 1890 g/mol. The molecule has 1 aliphatic rings. The highest BCUT2D eigenvalue weighted by atomic mass is 32.1. The summed E-state index contributed by atoms with van der Waals surface area (Å²) in [6, 6.07) is -13.5. The van der Waals surface area contributed by atoms with Crippen LogP contribution in [-0.2, 0) is 94.3 Å². The highest BCUT2D eigenvalue weighted by Gasteiger charge is 2.46. The maximum atomic E-state index is 14.9. The largest absolute Gasteiger partial charge is 0.508 e. The van der Waals surface area contributed by atoms with Gasteiger partial charge in [-0.25, -0.2) is 4.79 Å². The number of aliphatic carboxylic acids is 1. The van der Waals surface area contributed by atoms with Crippen molar-refractivity contribution >= 4 is 132 Å². The number of hydrogen-bond acceptors (Lipinski definition) is 29. The quantitative estimate of drug-likeness (QED) is 0.0127. The standard InChI is InChI=1S/C83H138N24O22S2/c1-11-41(6)62(77(124)102-58(39-130)74(121)97-50(24-28-84)67(114)95-51(25-29-85)68(115)100-56(81(128)129)34-45-18-22-47(110)23-19-45)103-70(117)53(27-31-87)96-73(120)57(38-108)101-69(116)52(26-30-86)94-66(113)49(15-14-32-92-82(90)91)93-71(118)55(36-60(88)112)99-79(126)65(83(9,10)131)106-72(119)54(33-44-16-20-46(109)21-17-44)98-76(123)63(42(7)12-2)105-78(125)64(43(8)13-3)104-75(122)59-35-48(111)37-107(59)80(127)61(89)40(4)5/h16-23,40-43,48-59,61-65,108-111,130-131H,11-15,24-39,84-87,89H2,1-10H3,(H2,88,112)(H,93,118)(H,94,113)(H,95,114)(H,96,120)(H,97,121)(H,98,123)(H,99,126)(H,100,115)(H,101,116)(H,102,124)(H,103,117)(H,104,122)(H,105,125)(H,106,119)(H,128,129)(H4,90,91,92)/t41-,42-,43-,48+,49-,50-,51-,52-,53+,54-,55-,56-,57-,58-,59-,61-,62-,63-,64-,65+/m0/s1. The summed E-state index contributed by atoms with van der Waals surface area (Å²) >= 11 is 8.88. The molecule has 2 aromatic carbocycles. The number of carbonyl (C=O) groups excluding carboxylic acids is 16. The van der Waals surface area contributed by atoms with E-state index in [9.17, 15) is 107 Å². The first-order chi connectivity index (χ1) is 61.6. The minimum Gasteiger partial charge on any atom is -0.508 e. The highest BCUT2D eigenvalue weighted by molar-refractivity contribution is 7.81. The number of carboxylic acids is 1. The van der Waals surface area contributed by atoms with Gasteiger partial charge in [0.25, 0.3) is 0 Å². The fourth-order valence-corrected chi connectivity index (χ4v) is 14.0. The molecule has 1 heterocycles. The first kappa shape index (κ1) is 114. The second kappa shape index (κ2) is 56.4. The van der Waals surface area contributed by atoms with Crippen LogP contribution >= 0.6 is 25.3 Å². The SMILES string of the molecule is CC[C@H](C)[C@H](NC(=O)[C@@H](NC(=O)[C@@H]1C[C@@H](O)CN1C(=O)[C@@H](N)C(C)C)[C@@H](C)CC)C(=O)N[C@@H](Cc1ccc(O)cc1)C(=O)N[C@H](C(=O)N[C@@H](CC(N)=O)C(=O)N[C@@H](CCCN=C(N)N)C(=O)N[C@@H](CCN)C(=O)N[C@@H](CO)C(=O)N[C@H](CCN)C(=O)N[C@H](C(=O)N[C@@H](CS)C(=O)N[C@@H](CCN)C(=O)N[C@@H](CCN)C(=O)N[C@@H](Cc1ccc(O)cc1)C(=O)O)[C@@H](C)CC)C(C)(C)S. The number of aliphatic hydroxyl groups excluding tert-OH is 2. The Labute approximate surface area is 771 Å². The van der Waals surface area contributed by atoms with Crippen LogP contribution in [0.15, 0.2) is 53.5 Å². The van der Waals surface area contributed by atoms with Crippen molar-refractivity contribution < 1.29 is 107 Å². The normalized spacial score (nSPS) is 17.2. The van der Waals surface area contributed by atoms with E-state index in [4.69, 9.17) is 45.9 Å². The van der Waals surface area contributed by atoms with Gasteiger partial charge in [-0.3, -0.25) is 81.7 Å². The van der Waals surface area contributed by atoms with E-state index in [2.05, 4.69) is 105 Å². The fourth-order valence-electron chi connectivity index (χ4n) is 13.6. The van der Waals surface area contributed by atoms with Crippen LogP contribution in [0.2, 0.25) is 0 Å². The molecule has 1 saturated heterocycles. The molecule has 0 spiro atoms. The number of aliphatic hydroxyl groups is 2. The van der Waals surface area contributed by atoms with Gasteiger partial charge in [-0.15, -0.1) is 0 Å². The van der Waals surface area contributed by atoms with E-state index in [-0.39, 0.29) is 127 Å². The Morgan fingerprint density at radius 3 is 1.18 bits per heavy atom. The monoisotopic (exact) mass is 1890 g/mol. The number of carboxylic acid groups (broad SMARTS) is 1. The third-order valence-electron chi connectivity index (χ3n) is 22.1. The Bertz CT molecular complexity index is 4210. The van der Waals surface area contributed by atoms with Crippen LogP contribution in [-0.4, -0.2) is 296 Å². The van der Waals surface area contributed by atoms with Crippen molar-refractivity contribution in [2.45, 2.75) is 260 Å². The second-order valence-electron chi connectivity index (χ2n) is 33.4. The van der Waals surface area contributed by atoms with Gasteiger partial charge in [0.05, 0.1) is 25.2 Å². The number of phenols is 2. The van der Waals surface area contributed by atoms with Crippen molar-refractivity contribution in [2.24, 2.45) is 74.5 Å². The topological polar surface area (TPSA) is 784 Å². The number of nitrogens with zero attached hydrogens (tertiary/aromatic N) is 2. The van der Waals surface area contributed by atoms with Gasteiger partial charge in [0.1, 0.15) is 102 Å². The molecule has 1 aliphatic heterocycles. The molecule has 20 atom stereocenters. The van der Waals surface area contributed by atoms with Gasteiger partial charge >= 0.3 is 5.97 Å². The van der Waals surface area contributed by atoms with Gasteiger partial charge in [0.15, 0.2) is 5.96 Å². The lowest BCUT2D eigenvalue weighted by Crippen LogP contribution is -2.64. The van der Waals surface area contributed by atoms with Gasteiger partial charge in [-0.1, -0.05) is 98.9 Å². The smallest absolute Gasteiger partial charge is 0.326 e. The molecular formula is C83H138N24O22S2. The van der Waals surface area contributed by atoms with Crippen molar-refractivity contribution in [3.8, 4) is 11.5 Å². The van der Waals surface area contributed by atoms with Gasteiger partial charge in [-0.2, -0.15) is 25.3 Å². The number of aromatic hydroxyl groups is 2. The molecule has 0 aliphatic carbocycles. The summed E-state index contributed by atoms with van der Waals surface area (Å²) in [5, 5.41) is 86.2. The summed E-state index contributed by atoms with van der Waals surface area (Å²) in [5.41, 5.74) is 47.2. The van der Waals surface area contributed by atoms with Gasteiger partial charge in [0.2, 0.25) is 94.5 Å². The Balaban J connectivity index is 1.91. The minimum atomic E-state index is -1.97. The number of nitrogens with one attached hydrogen (secondary N) is 14. The number of carbonyl (C=O) groups is 17. The molecule has 46 nitrogen and oxygen atoms in total. The zero-order valence-electron chi connectivity index (χ0n) is 75.7. The predicted octanol–water partition coefficient (Wildman–Crippen LogP) is -8.21. The molecule has 131 heavy (non-hydrogen) atoms. The number of thiol groups is 2. The Hall–Kier alpha value is -11.3. The molecule has 0 bridgehead atoms. The first-order valence-electron chi connectivity index (χ1n) is 43.5. The van der Waals surface area contributed by atoms with Crippen LogP contribution in [0, 0.1) is 23.7 Å². The number of nitrogens with two attached hydrogens (primary N) is 8. The Morgan fingerprint density at radius 1 is 0.466 bits per heavy atom. The van der Waals surface area contributed by atoms with Gasteiger partial charge in [-0.05, 0) is 138 Å². The van der Waals surface area contributed by atoms with Crippen LogP contribution in [0.4, 0.5) is 0 Å². The molecule has 734 valence electrons. The molecule has 0 radical (unpaired) electrons. The van der Waals surface area contributed by atoms with Crippen LogP contribution < -0.4 is 120 Å². The zero-order chi connectivity index (χ0) is 99.0. The predicted molar refractivity (Wildman–Crippen MR) is 488 cm³/mol. The fraction of sp³-hybridized carbons (Fsp3) is 0.639. The molecule has 16 amide bonds. The molecule has 1 fully saturated rings. The number of likely N-dealkylation sites (tertiary alicyclic amines) is 1. The van der Waals surface area contributed by atoms with E-state index in [1.54, 1.807) is 55.4 Å². The summed E-state index contributed by atoms with van der Waals surface area (Å²) in [7, 11) is 0. The number of amides is 16. The molecule has 2 aromatic rings. The molecule has 0 saturated carbocycles. The number of β-amino-alcohol motifs (C(OH)–C–C–N with tert-alkyl or cyclic N) is 1. The highest BCUT2D eigenvalue weighted by Crippen LogP contribution is 2.25. The zero-order valence-corrected chi connectivity index (χ0v) is 77.5. The second-order valence-corrected chi connectivity index (χ2v) is 34.9. The Morgan fingerprint density at radius 2 is 0.802 bits per heavy atom. The number of phenolic OH excluding ortho intramolecular Hbond substituents is 2. The lowest BCUT2D eigenvalue weighted by atomic mass is 9.94. The Kier molecular flexibility index (Phi) is 49.1. The van der Waals surface area contributed by atoms with E-state index in [1.165, 1.54) is 67.3 Å². The average Bonchev–Trinajstić information content (AvgIpc) is 1.80. The van der Waals surface area contributed by atoms with Crippen LogP contribution in [0.25, 0.3) is 0 Å². The first-order valence-corrected chi connectivity index (χ1v) is 44.5. The number of guanidine groups is 1. The number of rotatable bonds is 58. The summed E-state index contributed by atoms with van der Waals surface area (Å²) < 4.78 is -1.60. The number of hydrogen-bond donors (Lipinski definition) is 29. The molecule has 48 heteroatoms. The van der Waals surface area contributed by atoms with Crippen molar-refractivity contribution in [3.63, 3.8) is 0 Å². The van der Waals surface area contributed by atoms with Crippen molar-refractivity contribution in [1.82, 2.24) is 79.3 Å². The molecule has 35 N–H and O–H groups in total. The third-order valence-corrected chi connectivity index (χ3v) is 22.7. The van der Waals surface area contributed by atoms with Gasteiger partial charge < -0.3 is 151 Å². The van der Waals surface area contributed by atoms with Crippen LogP contribution in [0.5, 0.6) is 11.5 Å². The minimum absolute atomic E-state index is 0.0788. The number of primary amides is 1. The summed E-state index contributed by atoms with van der Waals surface area (Å²) in [6.45, 7) is 13.8. The number of aliphatic imine (C=N–C) groups is 1. The summed E-state index contributed by atoms with van der Waals surface area (Å²) in [6.07, 6.45) is -3.47. The molecular weight excluding hydrogens is 1750 g/mol.